The summed E-state index contributed by atoms with van der Waals surface area (Å²) in [6.07, 6.45) is 15.7. The van der Waals surface area contributed by atoms with Crippen LogP contribution in [0.25, 0.3) is 0 Å². The molecule has 0 atom stereocenters. The highest BCUT2D eigenvalue weighted by molar-refractivity contribution is 5.83. The summed E-state index contributed by atoms with van der Waals surface area (Å²) in [4.78, 5) is 11.4. The van der Waals surface area contributed by atoms with Crippen molar-refractivity contribution >= 4 is 5.97 Å². The molecule has 0 heterocycles. The third-order valence-electron chi connectivity index (χ3n) is 4.41. The standard InChI is InChI=1S/C22H32O2/c1-7-24-21(23)16-18(3)11-8-10-17(2)13-14-20-19(4)12-9-15-22(20,5)6/h8,10-11,13-14,16H,7,9,12,15H2,1-6H3/b11-8+,14-13+,17-10+,18-16+/i8+1,10+1,16+1,21+1. The van der Waals surface area contributed by atoms with Crippen molar-refractivity contribution in [3.8, 4) is 0 Å². The van der Waals surface area contributed by atoms with Gasteiger partial charge in [0.1, 0.15) is 0 Å². The maximum absolute atomic E-state index is 11.4. The molecule has 0 spiro atoms. The van der Waals surface area contributed by atoms with E-state index in [-0.39, 0.29) is 11.4 Å². The van der Waals surface area contributed by atoms with Gasteiger partial charge in [0, 0.05) is 6.08 Å². The Morgan fingerprint density at radius 2 is 1.92 bits per heavy atom. The first kappa shape index (κ1) is 20.2. The van der Waals surface area contributed by atoms with Crippen LogP contribution in [0, 0.1) is 5.41 Å². The number of esters is 1. The van der Waals surface area contributed by atoms with Crippen molar-refractivity contribution in [3.63, 3.8) is 0 Å². The van der Waals surface area contributed by atoms with Gasteiger partial charge in [-0.25, -0.2) is 4.79 Å². The van der Waals surface area contributed by atoms with E-state index in [2.05, 4.69) is 45.9 Å². The van der Waals surface area contributed by atoms with Crippen LogP contribution in [0.1, 0.15) is 60.8 Å². The Morgan fingerprint density at radius 3 is 2.54 bits per heavy atom. The molecule has 0 radical (unpaired) electrons. The molecule has 0 saturated carbocycles. The lowest BCUT2D eigenvalue weighted by Crippen LogP contribution is -2.19. The minimum atomic E-state index is -0.290. The van der Waals surface area contributed by atoms with Crippen molar-refractivity contribution in [3.05, 3.63) is 58.7 Å². The molecule has 1 aliphatic rings. The second kappa shape index (κ2) is 9.46. The molecule has 0 unspecified atom stereocenters. The van der Waals surface area contributed by atoms with Crippen LogP contribution in [0.15, 0.2) is 58.7 Å². The molecule has 1 rings (SSSR count). The Balaban J connectivity index is 2.73. The Kier molecular flexibility index (Phi) is 7.97. The van der Waals surface area contributed by atoms with E-state index in [1.807, 2.05) is 19.1 Å². The summed E-state index contributed by atoms with van der Waals surface area (Å²) < 4.78 is 4.89. The summed E-state index contributed by atoms with van der Waals surface area (Å²) in [5, 5.41) is 0. The average molecular weight is 332 g/mol. The number of ether oxygens (including phenoxy) is 1. The first-order valence-corrected chi connectivity index (χ1v) is 8.84. The zero-order valence-corrected chi connectivity index (χ0v) is 16.1. The molecule has 0 amide bonds. The highest BCUT2D eigenvalue weighted by atomic mass is 16.6. The summed E-state index contributed by atoms with van der Waals surface area (Å²) >= 11 is 0. The smallest absolute Gasteiger partial charge is 0.330 e. The second-order valence-electron chi connectivity index (χ2n) is 7.17. The monoisotopic (exact) mass is 332 g/mol. The van der Waals surface area contributed by atoms with Gasteiger partial charge in [0.15, 0.2) is 0 Å². The Morgan fingerprint density at radius 1 is 1.21 bits per heavy atom. The quantitative estimate of drug-likeness (QED) is 0.255. The van der Waals surface area contributed by atoms with E-state index >= 15 is 0 Å². The molecular weight excluding hydrogens is 300 g/mol. The van der Waals surface area contributed by atoms with Crippen molar-refractivity contribution < 1.29 is 9.53 Å². The first-order chi connectivity index (χ1) is 11.3. The number of hydrogen-bond acceptors (Lipinski definition) is 2. The Labute approximate surface area is 147 Å². The number of hydrogen-bond donors (Lipinski definition) is 0. The van der Waals surface area contributed by atoms with Gasteiger partial charge in [-0.15, -0.1) is 0 Å². The molecular formula is C22H32O2. The van der Waals surface area contributed by atoms with E-state index in [4.69, 9.17) is 4.74 Å². The topological polar surface area (TPSA) is 26.3 Å². The number of rotatable bonds is 6. The van der Waals surface area contributed by atoms with Crippen molar-refractivity contribution in [2.45, 2.75) is 60.8 Å². The number of carbonyl (C=O) groups excluding carboxylic acids is 1. The van der Waals surface area contributed by atoms with E-state index in [9.17, 15) is 4.79 Å². The molecule has 2 nitrogen and oxygen atoms in total. The summed E-state index contributed by atoms with van der Waals surface area (Å²) in [7, 11) is 0. The summed E-state index contributed by atoms with van der Waals surface area (Å²) in [5.74, 6) is -0.290. The molecule has 132 valence electrons. The summed E-state index contributed by atoms with van der Waals surface area (Å²) in [6, 6.07) is 0. The van der Waals surface area contributed by atoms with Crippen molar-refractivity contribution in [1.82, 2.24) is 0 Å². The minimum Gasteiger partial charge on any atom is -0.463 e. The normalized spacial score (nSPS) is 19.4. The van der Waals surface area contributed by atoms with Gasteiger partial charge >= 0.3 is 5.97 Å². The first-order valence-electron chi connectivity index (χ1n) is 8.84. The van der Waals surface area contributed by atoms with Crippen LogP contribution in [-0.4, -0.2) is 12.6 Å². The molecule has 0 bridgehead atoms. The molecule has 0 fully saturated rings. The van der Waals surface area contributed by atoms with Gasteiger partial charge in [-0.3, -0.25) is 0 Å². The van der Waals surface area contributed by atoms with Gasteiger partial charge < -0.3 is 4.74 Å². The lowest BCUT2D eigenvalue weighted by molar-refractivity contribution is -0.137. The fourth-order valence-corrected chi connectivity index (χ4v) is 3.05. The average Bonchev–Trinajstić information content (AvgIpc) is 2.46. The van der Waals surface area contributed by atoms with E-state index in [1.54, 1.807) is 6.92 Å². The third kappa shape index (κ3) is 6.74. The SMILES string of the molecule is CCO[13C](=O)/[13CH]=C(C)/C=[13CH]/[13CH]=C(C)/C=C/C1=C(C)CCCC1(C)C. The molecule has 1 aliphatic carbocycles. The second-order valence-corrected chi connectivity index (χ2v) is 7.17. The maximum atomic E-state index is 11.4. The third-order valence-corrected chi connectivity index (χ3v) is 4.41. The fourth-order valence-electron chi connectivity index (χ4n) is 3.05. The molecule has 0 aromatic rings. The summed E-state index contributed by atoms with van der Waals surface area (Å²) in [6.45, 7) is 13.1. The van der Waals surface area contributed by atoms with Crippen molar-refractivity contribution in [2.75, 3.05) is 6.61 Å². The zero-order chi connectivity index (χ0) is 18.2. The maximum Gasteiger partial charge on any atom is 0.330 e. The fraction of sp³-hybridized carbons (Fsp3) is 0.500. The van der Waals surface area contributed by atoms with Gasteiger partial charge in [-0.05, 0) is 63.5 Å². The van der Waals surface area contributed by atoms with Crippen LogP contribution in [0.5, 0.6) is 0 Å². The van der Waals surface area contributed by atoms with E-state index in [0.717, 1.165) is 5.57 Å². The van der Waals surface area contributed by atoms with Crippen LogP contribution in [0.2, 0.25) is 0 Å². The highest BCUT2D eigenvalue weighted by Crippen LogP contribution is 2.40. The predicted octanol–water partition coefficient (Wildman–Crippen LogP) is 6.08. The van der Waals surface area contributed by atoms with E-state index in [0.29, 0.717) is 6.61 Å². The number of allylic oxidation sites excluding steroid dienone is 9. The lowest BCUT2D eigenvalue weighted by Gasteiger charge is -2.32. The lowest BCUT2D eigenvalue weighted by atomic mass is 9.72. The molecule has 0 aromatic carbocycles. The predicted molar refractivity (Wildman–Crippen MR) is 103 cm³/mol. The molecule has 0 aliphatic heterocycles. The number of carbonyl (C=O) groups is 1. The molecule has 2 heteroatoms. The van der Waals surface area contributed by atoms with Gasteiger partial charge in [-0.1, -0.05) is 55.4 Å². The van der Waals surface area contributed by atoms with Crippen LogP contribution < -0.4 is 0 Å². The van der Waals surface area contributed by atoms with Gasteiger partial charge in [0.2, 0.25) is 0 Å². The van der Waals surface area contributed by atoms with Gasteiger partial charge in [0.05, 0.1) is 6.61 Å². The zero-order valence-electron chi connectivity index (χ0n) is 16.1. The molecule has 0 aromatic heterocycles. The van der Waals surface area contributed by atoms with Gasteiger partial charge in [0.25, 0.3) is 0 Å². The molecule has 0 saturated heterocycles. The van der Waals surface area contributed by atoms with Crippen molar-refractivity contribution in [2.24, 2.45) is 5.41 Å². The van der Waals surface area contributed by atoms with Crippen LogP contribution >= 0.6 is 0 Å². The molecule has 0 N–H and O–H groups in total. The highest BCUT2D eigenvalue weighted by Gasteiger charge is 2.26. The van der Waals surface area contributed by atoms with Crippen LogP contribution in [-0.2, 0) is 9.53 Å². The Bertz CT molecular complexity index is 595. The van der Waals surface area contributed by atoms with Crippen LogP contribution in [0.3, 0.4) is 0 Å². The minimum absolute atomic E-state index is 0.272. The van der Waals surface area contributed by atoms with Gasteiger partial charge in [-0.2, -0.15) is 0 Å². The van der Waals surface area contributed by atoms with E-state index in [1.165, 1.54) is 42.1 Å². The van der Waals surface area contributed by atoms with Crippen LogP contribution in [0.4, 0.5) is 0 Å². The van der Waals surface area contributed by atoms with Crippen molar-refractivity contribution in [1.29, 1.82) is 0 Å². The summed E-state index contributed by atoms with van der Waals surface area (Å²) in [5.41, 5.74) is 5.33. The largest absolute Gasteiger partial charge is 0.463 e. The van der Waals surface area contributed by atoms with E-state index < -0.39 is 0 Å². The Hall–Kier alpha value is -1.83. The molecule has 24 heavy (non-hydrogen) atoms.